The number of aliphatic hydroxyl groups excluding tert-OH is 1. The number of carbonyl (C=O) groups is 1. The van der Waals surface area contributed by atoms with Gasteiger partial charge in [0.25, 0.3) is 0 Å². The molecule has 2 rings (SSSR count). The van der Waals surface area contributed by atoms with Crippen LogP contribution in [0.5, 0.6) is 0 Å². The van der Waals surface area contributed by atoms with Crippen LogP contribution in [0.4, 0.5) is 0 Å². The first-order valence-electron chi connectivity index (χ1n) is 3.78. The summed E-state index contributed by atoms with van der Waals surface area (Å²) in [6, 6.07) is 3.36. The molecule has 3 nitrogen and oxygen atoms in total. The number of hydrogen-bond acceptors (Lipinski definition) is 3. The van der Waals surface area contributed by atoms with Crippen LogP contribution in [0.2, 0.25) is 5.02 Å². The average molecular weight is 199 g/mol. The topological polar surface area (TPSA) is 46.5 Å². The lowest BCUT2D eigenvalue weighted by Crippen LogP contribution is -1.96. The number of aryl methyl sites for hydroxylation is 1. The van der Waals surface area contributed by atoms with Crippen molar-refractivity contribution in [2.45, 2.75) is 13.2 Å². The molecular weight excluding hydrogens is 192 g/mol. The fourth-order valence-electron chi connectivity index (χ4n) is 1.40. The Balaban J connectivity index is 2.69. The van der Waals surface area contributed by atoms with E-state index in [0.717, 1.165) is 5.56 Å². The predicted molar refractivity (Wildman–Crippen MR) is 46.6 cm³/mol. The SMILES string of the molecule is Cc1cc(Cl)c2c(c1)C(O)OC2=O. The van der Waals surface area contributed by atoms with Gasteiger partial charge in [0, 0.05) is 5.56 Å². The Bertz CT molecular complexity index is 387. The highest BCUT2D eigenvalue weighted by Crippen LogP contribution is 2.34. The molecule has 1 N–H and O–H groups in total. The molecule has 0 amide bonds. The Morgan fingerprint density at radius 3 is 2.92 bits per heavy atom. The van der Waals surface area contributed by atoms with Gasteiger partial charge in [0.2, 0.25) is 6.29 Å². The van der Waals surface area contributed by atoms with E-state index in [4.69, 9.17) is 11.6 Å². The zero-order valence-corrected chi connectivity index (χ0v) is 7.63. The van der Waals surface area contributed by atoms with E-state index in [1.54, 1.807) is 12.1 Å². The summed E-state index contributed by atoms with van der Waals surface area (Å²) >= 11 is 5.82. The lowest BCUT2D eigenvalue weighted by molar-refractivity contribution is -0.0547. The maximum absolute atomic E-state index is 11.1. The van der Waals surface area contributed by atoms with Gasteiger partial charge in [-0.2, -0.15) is 0 Å². The van der Waals surface area contributed by atoms with E-state index >= 15 is 0 Å². The molecule has 0 spiro atoms. The first kappa shape index (κ1) is 8.53. The summed E-state index contributed by atoms with van der Waals surface area (Å²) in [6.45, 7) is 1.83. The molecular formula is C9H7ClO3. The van der Waals surface area contributed by atoms with Crippen molar-refractivity contribution in [1.82, 2.24) is 0 Å². The lowest BCUT2D eigenvalue weighted by atomic mass is 10.1. The van der Waals surface area contributed by atoms with Crippen LogP contribution in [0.15, 0.2) is 12.1 Å². The van der Waals surface area contributed by atoms with E-state index in [-0.39, 0.29) is 5.56 Å². The van der Waals surface area contributed by atoms with Gasteiger partial charge in [-0.3, -0.25) is 0 Å². The van der Waals surface area contributed by atoms with Crippen molar-refractivity contribution in [1.29, 1.82) is 0 Å². The number of fused-ring (bicyclic) bond motifs is 1. The molecule has 0 fully saturated rings. The molecule has 1 aliphatic heterocycles. The minimum absolute atomic E-state index is 0.278. The molecule has 1 atom stereocenters. The molecule has 4 heteroatoms. The maximum Gasteiger partial charge on any atom is 0.342 e. The third-order valence-electron chi connectivity index (χ3n) is 1.95. The number of aliphatic hydroxyl groups is 1. The van der Waals surface area contributed by atoms with Crippen molar-refractivity contribution in [3.8, 4) is 0 Å². The fraction of sp³-hybridized carbons (Fsp3) is 0.222. The minimum Gasteiger partial charge on any atom is -0.428 e. The molecule has 1 unspecified atom stereocenters. The van der Waals surface area contributed by atoms with Crippen LogP contribution in [0, 0.1) is 6.92 Å². The highest BCUT2D eigenvalue weighted by atomic mass is 35.5. The van der Waals surface area contributed by atoms with Gasteiger partial charge in [-0.25, -0.2) is 4.79 Å². The van der Waals surface area contributed by atoms with Crippen LogP contribution < -0.4 is 0 Å². The van der Waals surface area contributed by atoms with Crippen molar-refractivity contribution in [2.75, 3.05) is 0 Å². The first-order valence-corrected chi connectivity index (χ1v) is 4.16. The van der Waals surface area contributed by atoms with Crippen molar-refractivity contribution in [3.63, 3.8) is 0 Å². The van der Waals surface area contributed by atoms with Crippen LogP contribution in [-0.2, 0) is 4.74 Å². The Hall–Kier alpha value is -1.06. The summed E-state index contributed by atoms with van der Waals surface area (Å²) in [5.41, 5.74) is 1.62. The number of carbonyl (C=O) groups excluding carboxylic acids is 1. The Kier molecular flexibility index (Phi) is 1.78. The molecule has 0 saturated heterocycles. The van der Waals surface area contributed by atoms with Gasteiger partial charge in [0.1, 0.15) is 0 Å². The van der Waals surface area contributed by atoms with E-state index in [1.165, 1.54) is 0 Å². The molecule has 0 aliphatic carbocycles. The smallest absolute Gasteiger partial charge is 0.342 e. The largest absolute Gasteiger partial charge is 0.428 e. The number of hydrogen-bond donors (Lipinski definition) is 1. The van der Waals surface area contributed by atoms with Gasteiger partial charge < -0.3 is 9.84 Å². The molecule has 0 aromatic heterocycles. The predicted octanol–water partition coefficient (Wildman–Crippen LogP) is 1.81. The maximum atomic E-state index is 11.1. The van der Waals surface area contributed by atoms with Crippen LogP contribution in [0.1, 0.15) is 27.8 Å². The molecule has 1 aromatic rings. The van der Waals surface area contributed by atoms with Crippen LogP contribution in [0.25, 0.3) is 0 Å². The standard InChI is InChI=1S/C9H7ClO3/c1-4-2-5-7(6(10)3-4)9(12)13-8(5)11/h2-3,8,11H,1H3. The van der Waals surface area contributed by atoms with Crippen molar-refractivity contribution >= 4 is 17.6 Å². The van der Waals surface area contributed by atoms with E-state index in [1.807, 2.05) is 6.92 Å². The molecule has 0 saturated carbocycles. The summed E-state index contributed by atoms with van der Waals surface area (Å²) in [5.74, 6) is -0.562. The average Bonchev–Trinajstić information content (AvgIpc) is 2.27. The quantitative estimate of drug-likeness (QED) is 0.647. The van der Waals surface area contributed by atoms with Crippen molar-refractivity contribution in [3.05, 3.63) is 33.8 Å². The number of halogens is 1. The lowest BCUT2D eigenvalue weighted by Gasteiger charge is -2.02. The van der Waals surface area contributed by atoms with Crippen molar-refractivity contribution in [2.24, 2.45) is 0 Å². The monoisotopic (exact) mass is 198 g/mol. The van der Waals surface area contributed by atoms with Gasteiger partial charge >= 0.3 is 5.97 Å². The molecule has 68 valence electrons. The summed E-state index contributed by atoms with van der Waals surface area (Å²) in [5, 5.41) is 9.63. The van der Waals surface area contributed by atoms with E-state index in [2.05, 4.69) is 4.74 Å². The molecule has 1 heterocycles. The molecule has 0 bridgehead atoms. The minimum atomic E-state index is -1.17. The highest BCUT2D eigenvalue weighted by molar-refractivity contribution is 6.34. The summed E-state index contributed by atoms with van der Waals surface area (Å²) in [4.78, 5) is 11.1. The van der Waals surface area contributed by atoms with Crippen LogP contribution >= 0.6 is 11.6 Å². The zero-order chi connectivity index (χ0) is 9.59. The molecule has 13 heavy (non-hydrogen) atoms. The highest BCUT2D eigenvalue weighted by Gasteiger charge is 2.31. The van der Waals surface area contributed by atoms with Crippen LogP contribution in [0.3, 0.4) is 0 Å². The van der Waals surface area contributed by atoms with Gasteiger partial charge in [0.05, 0.1) is 10.6 Å². The van der Waals surface area contributed by atoms with E-state index < -0.39 is 12.3 Å². The normalized spacial score (nSPS) is 19.9. The number of esters is 1. The Labute approximate surface area is 79.9 Å². The number of cyclic esters (lactones) is 1. The zero-order valence-electron chi connectivity index (χ0n) is 6.87. The van der Waals surface area contributed by atoms with Gasteiger partial charge in [-0.05, 0) is 24.6 Å². The summed E-state index contributed by atoms with van der Waals surface area (Å²) in [7, 11) is 0. The first-order chi connectivity index (χ1) is 6.09. The summed E-state index contributed by atoms with van der Waals surface area (Å²) in [6.07, 6.45) is -1.17. The van der Waals surface area contributed by atoms with Crippen LogP contribution in [-0.4, -0.2) is 11.1 Å². The second-order valence-corrected chi connectivity index (χ2v) is 3.38. The van der Waals surface area contributed by atoms with Gasteiger partial charge in [0.15, 0.2) is 0 Å². The molecule has 1 aromatic carbocycles. The number of ether oxygens (including phenoxy) is 1. The van der Waals surface area contributed by atoms with Crippen molar-refractivity contribution < 1.29 is 14.6 Å². The second-order valence-electron chi connectivity index (χ2n) is 2.97. The second kappa shape index (κ2) is 2.72. The van der Waals surface area contributed by atoms with Gasteiger partial charge in [-0.1, -0.05) is 11.6 Å². The summed E-state index contributed by atoms with van der Waals surface area (Å²) < 4.78 is 4.60. The van der Waals surface area contributed by atoms with E-state index in [0.29, 0.717) is 10.6 Å². The third kappa shape index (κ3) is 1.20. The Morgan fingerprint density at radius 1 is 1.54 bits per heavy atom. The third-order valence-corrected chi connectivity index (χ3v) is 2.25. The number of benzene rings is 1. The number of rotatable bonds is 0. The Morgan fingerprint density at radius 2 is 2.23 bits per heavy atom. The van der Waals surface area contributed by atoms with E-state index in [9.17, 15) is 9.90 Å². The fourth-order valence-corrected chi connectivity index (χ4v) is 1.76. The molecule has 1 aliphatic rings. The van der Waals surface area contributed by atoms with Gasteiger partial charge in [-0.15, -0.1) is 0 Å². The molecule has 0 radical (unpaired) electrons.